The van der Waals surface area contributed by atoms with Gasteiger partial charge in [0, 0.05) is 50.8 Å². The van der Waals surface area contributed by atoms with E-state index in [-0.39, 0.29) is 12.2 Å². The molecule has 0 aliphatic rings. The van der Waals surface area contributed by atoms with E-state index >= 15 is 0 Å². The lowest BCUT2D eigenvalue weighted by molar-refractivity contribution is -0.109. The first-order chi connectivity index (χ1) is 18.4. The zero-order valence-corrected chi connectivity index (χ0v) is 22.2. The van der Waals surface area contributed by atoms with Crippen molar-refractivity contribution >= 4 is 23.7 Å². The van der Waals surface area contributed by atoms with Gasteiger partial charge in [0.15, 0.2) is 0 Å². The quantitative estimate of drug-likeness (QED) is 0.180. The number of pyridine rings is 1. The Balaban J connectivity index is 1.81. The highest BCUT2D eigenvalue weighted by atomic mass is 16.3. The number of amides is 1. The first-order valence-corrected chi connectivity index (χ1v) is 12.6. The third-order valence-electron chi connectivity index (χ3n) is 6.61. The molecule has 0 saturated heterocycles. The third-order valence-corrected chi connectivity index (χ3v) is 6.61. The Bertz CT molecular complexity index is 1490. The molecular weight excluding hydrogens is 480 g/mol. The third kappa shape index (κ3) is 5.63. The van der Waals surface area contributed by atoms with E-state index in [0.29, 0.717) is 31.0 Å². The summed E-state index contributed by atoms with van der Waals surface area (Å²) in [5, 5.41) is 16.4. The molecule has 0 saturated carbocycles. The molecule has 2 aromatic heterocycles. The van der Waals surface area contributed by atoms with Crippen molar-refractivity contribution in [2.45, 2.75) is 26.4 Å². The molecule has 0 atom stereocenters. The number of imidazole rings is 1. The molecule has 0 bridgehead atoms. The van der Waals surface area contributed by atoms with Gasteiger partial charge in [-0.1, -0.05) is 31.2 Å². The average molecular weight is 515 g/mol. The number of rotatable bonds is 11. The number of nitrogens with one attached hydrogen (secondary N) is 3. The van der Waals surface area contributed by atoms with Crippen LogP contribution in [0.5, 0.6) is 0 Å². The van der Waals surface area contributed by atoms with E-state index in [0.717, 1.165) is 51.2 Å². The predicted octanol–water partition coefficient (Wildman–Crippen LogP) is 3.60. The zero-order chi connectivity index (χ0) is 27.2. The first kappa shape index (κ1) is 26.7. The van der Waals surface area contributed by atoms with E-state index in [1.165, 1.54) is 4.57 Å². The Hall–Kier alpha value is -4.37. The van der Waals surface area contributed by atoms with Gasteiger partial charge in [0.25, 0.3) is 5.56 Å². The SMILES string of the molecule is CCc1cnc(Nc2cc(-c3cccc(-c4ccc(N(C)C)cc4CCNC=O)c3CO)cn(C)c2=O)[nH]1. The van der Waals surface area contributed by atoms with Crippen LogP contribution in [0.2, 0.25) is 0 Å². The molecule has 4 N–H and O–H groups in total. The lowest BCUT2D eigenvalue weighted by Gasteiger charge is -2.20. The highest BCUT2D eigenvalue weighted by molar-refractivity contribution is 5.81. The van der Waals surface area contributed by atoms with Gasteiger partial charge in [-0.15, -0.1) is 0 Å². The minimum atomic E-state index is -0.186. The monoisotopic (exact) mass is 514 g/mol. The fraction of sp³-hybridized carbons (Fsp3) is 0.276. The van der Waals surface area contributed by atoms with Gasteiger partial charge in [0.05, 0.1) is 12.8 Å². The van der Waals surface area contributed by atoms with E-state index in [1.54, 1.807) is 25.5 Å². The van der Waals surface area contributed by atoms with E-state index < -0.39 is 0 Å². The maximum Gasteiger partial charge on any atom is 0.274 e. The maximum absolute atomic E-state index is 12.9. The number of aromatic amines is 1. The Labute approximate surface area is 222 Å². The molecule has 4 rings (SSSR count). The van der Waals surface area contributed by atoms with Crippen LogP contribution < -0.4 is 21.1 Å². The fourth-order valence-electron chi connectivity index (χ4n) is 4.55. The molecule has 38 heavy (non-hydrogen) atoms. The molecule has 0 radical (unpaired) electrons. The Kier molecular flexibility index (Phi) is 8.28. The number of carbonyl (C=O) groups excluding carboxylic acids is 1. The summed E-state index contributed by atoms with van der Waals surface area (Å²) in [6.45, 7) is 2.35. The molecule has 2 aromatic carbocycles. The number of hydrogen-bond donors (Lipinski definition) is 4. The molecule has 0 spiro atoms. The summed E-state index contributed by atoms with van der Waals surface area (Å²) >= 11 is 0. The van der Waals surface area contributed by atoms with Crippen LogP contribution in [0.3, 0.4) is 0 Å². The Morgan fingerprint density at radius 1 is 1.13 bits per heavy atom. The summed E-state index contributed by atoms with van der Waals surface area (Å²) < 4.78 is 1.53. The molecule has 2 heterocycles. The molecule has 0 unspecified atom stereocenters. The zero-order valence-electron chi connectivity index (χ0n) is 22.2. The second kappa shape index (κ2) is 11.8. The van der Waals surface area contributed by atoms with Gasteiger partial charge in [0.2, 0.25) is 12.4 Å². The predicted molar refractivity (Wildman–Crippen MR) is 152 cm³/mol. The van der Waals surface area contributed by atoms with Crippen molar-refractivity contribution in [2.24, 2.45) is 7.05 Å². The summed E-state index contributed by atoms with van der Waals surface area (Å²) in [6.07, 6.45) is 5.67. The van der Waals surface area contributed by atoms with Gasteiger partial charge < -0.3 is 30.2 Å². The number of aliphatic hydroxyl groups is 1. The summed E-state index contributed by atoms with van der Waals surface area (Å²) in [7, 11) is 5.68. The molecule has 1 amide bonds. The van der Waals surface area contributed by atoms with Crippen LogP contribution in [-0.4, -0.2) is 46.7 Å². The number of anilines is 3. The van der Waals surface area contributed by atoms with E-state index in [4.69, 9.17) is 0 Å². The molecule has 0 aliphatic heterocycles. The molecule has 9 nitrogen and oxygen atoms in total. The largest absolute Gasteiger partial charge is 0.392 e. The van der Waals surface area contributed by atoms with Crippen molar-refractivity contribution in [2.75, 3.05) is 30.9 Å². The van der Waals surface area contributed by atoms with Crippen LogP contribution >= 0.6 is 0 Å². The van der Waals surface area contributed by atoms with E-state index in [1.807, 2.05) is 50.2 Å². The molecular formula is C29H34N6O3. The topological polar surface area (TPSA) is 115 Å². The smallest absolute Gasteiger partial charge is 0.274 e. The lowest BCUT2D eigenvalue weighted by Crippen LogP contribution is -2.20. The van der Waals surface area contributed by atoms with Gasteiger partial charge in [-0.2, -0.15) is 0 Å². The highest BCUT2D eigenvalue weighted by Gasteiger charge is 2.17. The van der Waals surface area contributed by atoms with Crippen LogP contribution in [0.4, 0.5) is 17.3 Å². The fourth-order valence-corrected chi connectivity index (χ4v) is 4.55. The Morgan fingerprint density at radius 3 is 2.61 bits per heavy atom. The number of nitrogens with zero attached hydrogens (tertiary/aromatic N) is 3. The van der Waals surface area contributed by atoms with Gasteiger partial charge >= 0.3 is 0 Å². The van der Waals surface area contributed by atoms with E-state index in [2.05, 4.69) is 32.7 Å². The second-order valence-corrected chi connectivity index (χ2v) is 9.34. The van der Waals surface area contributed by atoms with Crippen molar-refractivity contribution in [3.63, 3.8) is 0 Å². The first-order valence-electron chi connectivity index (χ1n) is 12.6. The normalized spacial score (nSPS) is 10.9. The van der Waals surface area contributed by atoms with Crippen molar-refractivity contribution in [1.82, 2.24) is 19.9 Å². The van der Waals surface area contributed by atoms with Gasteiger partial charge in [0.1, 0.15) is 5.69 Å². The number of carbonyl (C=O) groups is 1. The lowest BCUT2D eigenvalue weighted by atomic mass is 9.89. The molecule has 0 aliphatic carbocycles. The number of hydrogen-bond acceptors (Lipinski definition) is 6. The van der Waals surface area contributed by atoms with Crippen molar-refractivity contribution in [3.8, 4) is 22.3 Å². The van der Waals surface area contributed by atoms with Crippen molar-refractivity contribution in [3.05, 3.63) is 82.0 Å². The number of H-pyrrole nitrogens is 1. The van der Waals surface area contributed by atoms with Crippen LogP contribution in [0.25, 0.3) is 22.3 Å². The number of aliphatic hydroxyl groups excluding tert-OH is 1. The molecule has 4 aromatic rings. The van der Waals surface area contributed by atoms with Crippen LogP contribution in [-0.2, 0) is 31.3 Å². The van der Waals surface area contributed by atoms with Crippen molar-refractivity contribution in [1.29, 1.82) is 0 Å². The Morgan fingerprint density at radius 2 is 1.92 bits per heavy atom. The summed E-state index contributed by atoms with van der Waals surface area (Å²) in [5.74, 6) is 0.502. The van der Waals surface area contributed by atoms with Gasteiger partial charge in [-0.3, -0.25) is 9.59 Å². The van der Waals surface area contributed by atoms with Crippen LogP contribution in [0.15, 0.2) is 59.7 Å². The van der Waals surface area contributed by atoms with Crippen LogP contribution in [0, 0.1) is 0 Å². The molecule has 0 fully saturated rings. The highest BCUT2D eigenvalue weighted by Crippen LogP contribution is 2.36. The average Bonchev–Trinajstić information content (AvgIpc) is 3.38. The summed E-state index contributed by atoms with van der Waals surface area (Å²) in [5.41, 5.74) is 7.53. The number of benzene rings is 2. The minimum Gasteiger partial charge on any atom is -0.392 e. The standard InChI is InChI=1S/C29H34N6O3/c1-5-21-15-31-29(32-21)33-27-14-20(16-35(4)28(27)38)23-7-6-8-25(26(23)17-36)24-10-9-22(34(2)3)13-19(24)11-12-30-18-37/h6-10,13-16,18,36H,5,11-12,17H2,1-4H3,(H,30,37)(H2,31,32,33). The van der Waals surface area contributed by atoms with Crippen LogP contribution in [0.1, 0.15) is 23.7 Å². The van der Waals surface area contributed by atoms with Gasteiger partial charge in [-0.25, -0.2) is 4.98 Å². The molecule has 9 heteroatoms. The number of aromatic nitrogens is 3. The maximum atomic E-state index is 12.9. The minimum absolute atomic E-state index is 0.184. The second-order valence-electron chi connectivity index (χ2n) is 9.34. The van der Waals surface area contributed by atoms with E-state index in [9.17, 15) is 14.7 Å². The summed E-state index contributed by atoms with van der Waals surface area (Å²) in [6, 6.07) is 13.9. The van der Waals surface area contributed by atoms with Gasteiger partial charge in [-0.05, 0) is 58.9 Å². The molecule has 198 valence electrons. The summed E-state index contributed by atoms with van der Waals surface area (Å²) in [4.78, 5) is 33.3. The number of aryl methyl sites for hydroxylation is 2. The van der Waals surface area contributed by atoms with Crippen molar-refractivity contribution < 1.29 is 9.90 Å².